The summed E-state index contributed by atoms with van der Waals surface area (Å²) in [7, 11) is 0. The van der Waals surface area contributed by atoms with Gasteiger partial charge in [0.05, 0.1) is 13.2 Å². The molecule has 26 heavy (non-hydrogen) atoms. The minimum absolute atomic E-state index is 0.0138. The van der Waals surface area contributed by atoms with E-state index in [1.807, 2.05) is 24.3 Å². The number of nitrogens with zero attached hydrogens (tertiary/aromatic N) is 2. The van der Waals surface area contributed by atoms with E-state index in [0.717, 1.165) is 44.8 Å². The molecule has 1 aliphatic rings. The van der Waals surface area contributed by atoms with Crippen molar-refractivity contribution in [2.24, 2.45) is 0 Å². The summed E-state index contributed by atoms with van der Waals surface area (Å²) in [6.07, 6.45) is 1.07. The van der Waals surface area contributed by atoms with Crippen LogP contribution in [0.5, 0.6) is 0 Å². The van der Waals surface area contributed by atoms with Crippen LogP contribution < -0.4 is 5.32 Å². The third-order valence-electron chi connectivity index (χ3n) is 4.49. The number of halogens is 1. The highest BCUT2D eigenvalue weighted by atomic mass is 35.5. The quantitative estimate of drug-likeness (QED) is 0.705. The zero-order valence-electron chi connectivity index (χ0n) is 15.4. The molecule has 1 N–H and O–H groups in total. The average Bonchev–Trinajstić information content (AvgIpc) is 2.63. The highest BCUT2D eigenvalue weighted by Gasteiger charge is 2.13. The van der Waals surface area contributed by atoms with Crippen LogP contribution in [0.3, 0.4) is 0 Å². The first-order valence-electron chi connectivity index (χ1n) is 9.11. The van der Waals surface area contributed by atoms with Crippen molar-refractivity contribution in [2.75, 3.05) is 52.5 Å². The Morgan fingerprint density at radius 2 is 1.88 bits per heavy atom. The Labute approximate surface area is 160 Å². The first kappa shape index (κ1) is 20.7. The lowest BCUT2D eigenvalue weighted by molar-refractivity contribution is -0.129. The predicted molar refractivity (Wildman–Crippen MR) is 102 cm³/mol. The van der Waals surface area contributed by atoms with Crippen molar-refractivity contribution < 1.29 is 14.3 Å². The average molecular weight is 382 g/mol. The number of nitrogens with one attached hydrogen (secondary N) is 1. The van der Waals surface area contributed by atoms with Gasteiger partial charge >= 0.3 is 0 Å². The van der Waals surface area contributed by atoms with Gasteiger partial charge in [-0.1, -0.05) is 23.7 Å². The highest BCUT2D eigenvalue weighted by Crippen LogP contribution is 2.10. The van der Waals surface area contributed by atoms with Gasteiger partial charge in [0.15, 0.2) is 0 Å². The summed E-state index contributed by atoms with van der Waals surface area (Å²) >= 11 is 5.88. The van der Waals surface area contributed by atoms with E-state index < -0.39 is 0 Å². The SMILES string of the molecule is CC(=O)N(CCC(=O)NCCN1CCOCC1)CCc1ccc(Cl)cc1. The minimum Gasteiger partial charge on any atom is -0.379 e. The number of amides is 2. The Kier molecular flexibility index (Phi) is 8.88. The van der Waals surface area contributed by atoms with E-state index in [0.29, 0.717) is 31.1 Å². The first-order chi connectivity index (χ1) is 12.5. The lowest BCUT2D eigenvalue weighted by Gasteiger charge is -2.26. The fourth-order valence-corrected chi connectivity index (χ4v) is 2.97. The van der Waals surface area contributed by atoms with Crippen molar-refractivity contribution in [1.29, 1.82) is 0 Å². The van der Waals surface area contributed by atoms with E-state index in [2.05, 4.69) is 10.2 Å². The van der Waals surface area contributed by atoms with Gasteiger partial charge in [-0.15, -0.1) is 0 Å². The first-order valence-corrected chi connectivity index (χ1v) is 9.49. The van der Waals surface area contributed by atoms with Crippen LogP contribution in [0, 0.1) is 0 Å². The monoisotopic (exact) mass is 381 g/mol. The van der Waals surface area contributed by atoms with Gasteiger partial charge in [-0.3, -0.25) is 14.5 Å². The van der Waals surface area contributed by atoms with E-state index in [1.165, 1.54) is 6.92 Å². The van der Waals surface area contributed by atoms with E-state index in [9.17, 15) is 9.59 Å². The van der Waals surface area contributed by atoms with Gasteiger partial charge in [-0.2, -0.15) is 0 Å². The number of morpholine rings is 1. The molecule has 144 valence electrons. The van der Waals surface area contributed by atoms with Crippen LogP contribution in [0.4, 0.5) is 0 Å². The number of carbonyl (C=O) groups is 2. The molecule has 1 heterocycles. The molecule has 0 unspecified atom stereocenters. The zero-order valence-corrected chi connectivity index (χ0v) is 16.1. The Balaban J connectivity index is 1.65. The molecule has 0 radical (unpaired) electrons. The molecule has 0 aromatic heterocycles. The molecule has 1 aliphatic heterocycles. The smallest absolute Gasteiger partial charge is 0.221 e. The largest absolute Gasteiger partial charge is 0.379 e. The summed E-state index contributed by atoms with van der Waals surface area (Å²) in [6.45, 7) is 7.38. The zero-order chi connectivity index (χ0) is 18.8. The van der Waals surface area contributed by atoms with Gasteiger partial charge in [0.1, 0.15) is 0 Å². The summed E-state index contributed by atoms with van der Waals surface area (Å²) in [5.41, 5.74) is 1.12. The molecule has 1 fully saturated rings. The molecule has 0 bridgehead atoms. The van der Waals surface area contributed by atoms with Crippen LogP contribution in [0.15, 0.2) is 24.3 Å². The molecule has 2 amide bonds. The summed E-state index contributed by atoms with van der Waals surface area (Å²) in [6, 6.07) is 7.60. The lowest BCUT2D eigenvalue weighted by atomic mass is 10.1. The van der Waals surface area contributed by atoms with Gasteiger partial charge < -0.3 is 15.0 Å². The normalized spacial score (nSPS) is 14.8. The van der Waals surface area contributed by atoms with Crippen molar-refractivity contribution >= 4 is 23.4 Å². The predicted octanol–water partition coefficient (Wildman–Crippen LogP) is 1.57. The van der Waals surface area contributed by atoms with Crippen LogP contribution in [0.25, 0.3) is 0 Å². The van der Waals surface area contributed by atoms with Crippen LogP contribution in [-0.4, -0.2) is 74.1 Å². The van der Waals surface area contributed by atoms with E-state index >= 15 is 0 Å². The second kappa shape index (κ2) is 11.2. The molecule has 1 aromatic rings. The Bertz CT molecular complexity index is 574. The summed E-state index contributed by atoms with van der Waals surface area (Å²) in [5.74, 6) is -0.0314. The Morgan fingerprint density at radius 1 is 1.19 bits per heavy atom. The molecule has 0 spiro atoms. The van der Waals surface area contributed by atoms with Gasteiger partial charge in [-0.25, -0.2) is 0 Å². The number of carbonyl (C=O) groups excluding carboxylic acids is 2. The molecule has 2 rings (SSSR count). The number of hydrogen-bond acceptors (Lipinski definition) is 4. The molecule has 0 aliphatic carbocycles. The fourth-order valence-electron chi connectivity index (χ4n) is 2.84. The van der Waals surface area contributed by atoms with Gasteiger partial charge in [0.25, 0.3) is 0 Å². The van der Waals surface area contributed by atoms with Crippen molar-refractivity contribution in [3.8, 4) is 0 Å². The highest BCUT2D eigenvalue weighted by molar-refractivity contribution is 6.30. The summed E-state index contributed by atoms with van der Waals surface area (Å²) in [4.78, 5) is 27.8. The second-order valence-corrected chi connectivity index (χ2v) is 6.87. The van der Waals surface area contributed by atoms with Crippen LogP contribution >= 0.6 is 11.6 Å². The maximum absolute atomic E-state index is 12.0. The second-order valence-electron chi connectivity index (χ2n) is 6.44. The standard InChI is InChI=1S/C19H28ClN3O3/c1-16(24)23(9-6-17-2-4-18(20)5-3-17)10-7-19(25)21-8-11-22-12-14-26-15-13-22/h2-5H,6-15H2,1H3,(H,21,25). The molecular weight excluding hydrogens is 354 g/mol. The third-order valence-corrected chi connectivity index (χ3v) is 4.74. The van der Waals surface area contributed by atoms with Crippen LogP contribution in [-0.2, 0) is 20.7 Å². The number of benzene rings is 1. The molecule has 1 saturated heterocycles. The van der Waals surface area contributed by atoms with Crippen LogP contribution in [0.1, 0.15) is 18.9 Å². The van der Waals surface area contributed by atoms with Crippen LogP contribution in [0.2, 0.25) is 5.02 Å². The maximum Gasteiger partial charge on any atom is 0.221 e. The Hall–Kier alpha value is -1.63. The lowest BCUT2D eigenvalue weighted by Crippen LogP contribution is -2.42. The molecule has 7 heteroatoms. The fraction of sp³-hybridized carbons (Fsp3) is 0.579. The maximum atomic E-state index is 12.0. The van der Waals surface area contributed by atoms with Gasteiger partial charge in [-0.05, 0) is 24.1 Å². The van der Waals surface area contributed by atoms with Crippen molar-refractivity contribution in [1.82, 2.24) is 15.1 Å². The van der Waals surface area contributed by atoms with Crippen molar-refractivity contribution in [2.45, 2.75) is 19.8 Å². The minimum atomic E-state index is -0.0176. The summed E-state index contributed by atoms with van der Waals surface area (Å²) < 4.78 is 5.30. The molecule has 0 saturated carbocycles. The number of ether oxygens (including phenoxy) is 1. The number of hydrogen-bond donors (Lipinski definition) is 1. The van der Waals surface area contributed by atoms with Crippen molar-refractivity contribution in [3.05, 3.63) is 34.9 Å². The molecule has 0 atom stereocenters. The van der Waals surface area contributed by atoms with Gasteiger partial charge in [0, 0.05) is 57.6 Å². The van der Waals surface area contributed by atoms with Crippen molar-refractivity contribution in [3.63, 3.8) is 0 Å². The Morgan fingerprint density at radius 3 is 2.54 bits per heavy atom. The van der Waals surface area contributed by atoms with E-state index in [-0.39, 0.29) is 11.8 Å². The molecule has 1 aromatic carbocycles. The topological polar surface area (TPSA) is 61.9 Å². The molecule has 6 nitrogen and oxygen atoms in total. The summed E-state index contributed by atoms with van der Waals surface area (Å²) in [5, 5.41) is 3.63. The third kappa shape index (κ3) is 7.72. The van der Waals surface area contributed by atoms with E-state index in [4.69, 9.17) is 16.3 Å². The van der Waals surface area contributed by atoms with E-state index in [1.54, 1.807) is 4.90 Å². The molecular formula is C19H28ClN3O3. The van der Waals surface area contributed by atoms with Gasteiger partial charge in [0.2, 0.25) is 11.8 Å². The number of rotatable bonds is 9.